The van der Waals surface area contributed by atoms with Gasteiger partial charge in [-0.25, -0.2) is 17.9 Å². The lowest BCUT2D eigenvalue weighted by Gasteiger charge is -2.06. The molecule has 0 unspecified atom stereocenters. The van der Waals surface area contributed by atoms with Crippen LogP contribution in [0.15, 0.2) is 46.1 Å². The van der Waals surface area contributed by atoms with Gasteiger partial charge in [0.2, 0.25) is 0 Å². The maximum Gasteiger partial charge on any atom is 0.345 e. The van der Waals surface area contributed by atoms with Gasteiger partial charge in [-0.1, -0.05) is 12.1 Å². The van der Waals surface area contributed by atoms with Gasteiger partial charge in [-0.15, -0.1) is 5.10 Å². The lowest BCUT2D eigenvalue weighted by molar-refractivity contribution is 0.415. The van der Waals surface area contributed by atoms with E-state index in [4.69, 9.17) is 0 Å². The summed E-state index contributed by atoms with van der Waals surface area (Å²) in [5, 5.41) is 4.08. The molecule has 0 N–H and O–H groups in total. The Morgan fingerprint density at radius 1 is 1.30 bits per heavy atom. The van der Waals surface area contributed by atoms with Crippen molar-refractivity contribution in [1.82, 2.24) is 14.3 Å². The predicted molar refractivity (Wildman–Crippen MR) is 80.9 cm³/mol. The molecule has 0 fully saturated rings. The smallest absolute Gasteiger partial charge is 0.278 e. The SMILES string of the molecule is Cn1c(-c2ccccc2S(C)(=O)=O)nn(CCC=C(F)F)c1=O. The van der Waals surface area contributed by atoms with Crippen LogP contribution in [0, 0.1) is 0 Å². The van der Waals surface area contributed by atoms with E-state index in [2.05, 4.69) is 5.10 Å². The molecule has 0 aliphatic carbocycles. The molecule has 0 aliphatic rings. The van der Waals surface area contributed by atoms with E-state index in [1.165, 1.54) is 17.7 Å². The lowest BCUT2D eigenvalue weighted by atomic mass is 10.2. The van der Waals surface area contributed by atoms with Crippen molar-refractivity contribution in [2.75, 3.05) is 6.26 Å². The molecule has 0 radical (unpaired) electrons. The average Bonchev–Trinajstić information content (AvgIpc) is 2.74. The quantitative estimate of drug-likeness (QED) is 0.830. The monoisotopic (exact) mass is 343 g/mol. The molecule has 0 bridgehead atoms. The van der Waals surface area contributed by atoms with Crippen molar-refractivity contribution in [1.29, 1.82) is 0 Å². The van der Waals surface area contributed by atoms with Crippen LogP contribution in [-0.4, -0.2) is 29.0 Å². The summed E-state index contributed by atoms with van der Waals surface area (Å²) in [7, 11) is -2.05. The Kier molecular flexibility index (Phi) is 4.79. The first-order valence-corrected chi connectivity index (χ1v) is 8.55. The molecule has 23 heavy (non-hydrogen) atoms. The minimum absolute atomic E-state index is 0.0228. The Morgan fingerprint density at radius 2 is 1.96 bits per heavy atom. The standard InChI is InChI=1S/C14H15F2N3O3S/c1-18-13(10-6-3-4-7-11(10)23(2,21)22)17-19(14(18)20)9-5-8-12(15)16/h3-4,6-8H,5,9H2,1-2H3. The molecule has 9 heteroatoms. The van der Waals surface area contributed by atoms with E-state index in [0.29, 0.717) is 11.6 Å². The van der Waals surface area contributed by atoms with Gasteiger partial charge in [0.25, 0.3) is 6.08 Å². The zero-order valence-corrected chi connectivity index (χ0v) is 13.3. The fourth-order valence-corrected chi connectivity index (χ4v) is 3.02. The molecule has 6 nitrogen and oxygen atoms in total. The molecule has 1 heterocycles. The number of benzene rings is 1. The molecule has 0 amide bonds. The number of halogens is 2. The second-order valence-electron chi connectivity index (χ2n) is 4.94. The van der Waals surface area contributed by atoms with Crippen molar-refractivity contribution in [3.8, 4) is 11.4 Å². The number of nitrogens with zero attached hydrogens (tertiary/aromatic N) is 3. The molecule has 2 aromatic rings. The maximum atomic E-state index is 12.1. The number of aryl methyl sites for hydroxylation is 1. The zero-order valence-electron chi connectivity index (χ0n) is 12.5. The highest BCUT2D eigenvalue weighted by molar-refractivity contribution is 7.90. The van der Waals surface area contributed by atoms with Crippen LogP contribution >= 0.6 is 0 Å². The fourth-order valence-electron chi connectivity index (χ4n) is 2.14. The van der Waals surface area contributed by atoms with Crippen LogP contribution in [0.2, 0.25) is 0 Å². The summed E-state index contributed by atoms with van der Waals surface area (Å²) >= 11 is 0. The molecule has 124 valence electrons. The van der Waals surface area contributed by atoms with Crippen molar-refractivity contribution in [3.63, 3.8) is 0 Å². The topological polar surface area (TPSA) is 74.0 Å². The van der Waals surface area contributed by atoms with E-state index in [0.717, 1.165) is 10.9 Å². The third kappa shape index (κ3) is 3.73. The van der Waals surface area contributed by atoms with Gasteiger partial charge in [-0.2, -0.15) is 8.78 Å². The first-order valence-electron chi connectivity index (χ1n) is 6.66. The van der Waals surface area contributed by atoms with Gasteiger partial charge in [0, 0.05) is 18.9 Å². The van der Waals surface area contributed by atoms with Crippen molar-refractivity contribution >= 4 is 9.84 Å². The van der Waals surface area contributed by atoms with Crippen LogP contribution in [0.5, 0.6) is 0 Å². The number of hydrogen-bond donors (Lipinski definition) is 0. The fraction of sp³-hybridized carbons (Fsp3) is 0.286. The van der Waals surface area contributed by atoms with Crippen molar-refractivity contribution in [3.05, 3.63) is 46.9 Å². The molecular formula is C14H15F2N3O3S. The average molecular weight is 343 g/mol. The van der Waals surface area contributed by atoms with E-state index in [9.17, 15) is 22.0 Å². The van der Waals surface area contributed by atoms with Gasteiger partial charge >= 0.3 is 5.69 Å². The minimum atomic E-state index is -3.50. The van der Waals surface area contributed by atoms with E-state index < -0.39 is 21.6 Å². The minimum Gasteiger partial charge on any atom is -0.278 e. The molecular weight excluding hydrogens is 328 g/mol. The molecule has 0 aliphatic heterocycles. The van der Waals surface area contributed by atoms with Gasteiger partial charge in [-0.3, -0.25) is 4.57 Å². The van der Waals surface area contributed by atoms with Crippen LogP contribution in [0.4, 0.5) is 8.78 Å². The van der Waals surface area contributed by atoms with Crippen LogP contribution in [0.3, 0.4) is 0 Å². The number of sulfone groups is 1. The van der Waals surface area contributed by atoms with Crippen molar-refractivity contribution in [2.45, 2.75) is 17.9 Å². The number of hydrogen-bond acceptors (Lipinski definition) is 4. The molecule has 0 saturated carbocycles. The summed E-state index contributed by atoms with van der Waals surface area (Å²) in [6, 6.07) is 6.18. The molecule has 0 spiro atoms. The summed E-state index contributed by atoms with van der Waals surface area (Å²) in [5.41, 5.74) is -0.212. The highest BCUT2D eigenvalue weighted by Gasteiger charge is 2.19. The molecule has 1 aromatic heterocycles. The highest BCUT2D eigenvalue weighted by atomic mass is 32.2. The second-order valence-corrected chi connectivity index (χ2v) is 6.92. The summed E-state index contributed by atoms with van der Waals surface area (Å²) in [6.07, 6.45) is -0.107. The Balaban J connectivity index is 2.51. The van der Waals surface area contributed by atoms with Crippen LogP contribution in [0.1, 0.15) is 6.42 Å². The Morgan fingerprint density at radius 3 is 2.57 bits per heavy atom. The van der Waals surface area contributed by atoms with Gasteiger partial charge in [-0.05, 0) is 24.6 Å². The molecule has 0 saturated heterocycles. The van der Waals surface area contributed by atoms with E-state index in [1.807, 2.05) is 0 Å². The zero-order chi connectivity index (χ0) is 17.2. The summed E-state index contributed by atoms with van der Waals surface area (Å²) < 4.78 is 50.1. The molecule has 1 aromatic carbocycles. The Hall–Kier alpha value is -2.29. The van der Waals surface area contributed by atoms with Crippen LogP contribution in [-0.2, 0) is 23.4 Å². The lowest BCUT2D eigenvalue weighted by Crippen LogP contribution is -2.23. The normalized spacial score (nSPS) is 11.5. The molecule has 2 rings (SSSR count). The van der Waals surface area contributed by atoms with Gasteiger partial charge < -0.3 is 0 Å². The van der Waals surface area contributed by atoms with Gasteiger partial charge in [0.15, 0.2) is 15.7 Å². The Labute approximate surface area is 131 Å². The largest absolute Gasteiger partial charge is 0.345 e. The third-order valence-corrected chi connectivity index (χ3v) is 4.36. The first-order chi connectivity index (χ1) is 10.7. The summed E-state index contributed by atoms with van der Waals surface area (Å²) in [5.74, 6) is 0.167. The first kappa shape index (κ1) is 17.1. The van der Waals surface area contributed by atoms with E-state index >= 15 is 0 Å². The van der Waals surface area contributed by atoms with Crippen LogP contribution in [0.25, 0.3) is 11.4 Å². The summed E-state index contributed by atoms with van der Waals surface area (Å²) in [4.78, 5) is 12.2. The highest BCUT2D eigenvalue weighted by Crippen LogP contribution is 2.24. The van der Waals surface area contributed by atoms with Gasteiger partial charge in [0.1, 0.15) is 0 Å². The summed E-state index contributed by atoms with van der Waals surface area (Å²) in [6.45, 7) is -0.0228. The molecule has 0 atom stereocenters. The van der Waals surface area contributed by atoms with E-state index in [-0.39, 0.29) is 23.7 Å². The maximum absolute atomic E-state index is 12.1. The van der Waals surface area contributed by atoms with Crippen molar-refractivity contribution in [2.24, 2.45) is 7.05 Å². The second kappa shape index (κ2) is 6.45. The van der Waals surface area contributed by atoms with Gasteiger partial charge in [0.05, 0.1) is 11.4 Å². The predicted octanol–water partition coefficient (Wildman–Crippen LogP) is 1.82. The number of rotatable bonds is 5. The van der Waals surface area contributed by atoms with Crippen molar-refractivity contribution < 1.29 is 17.2 Å². The number of aromatic nitrogens is 3. The number of allylic oxidation sites excluding steroid dienone is 1. The Bertz CT molecular complexity index is 910. The van der Waals surface area contributed by atoms with Crippen LogP contribution < -0.4 is 5.69 Å². The third-order valence-electron chi connectivity index (χ3n) is 3.21. The van der Waals surface area contributed by atoms with E-state index in [1.54, 1.807) is 18.2 Å².